The number of para-hydroxylation sites is 1. The highest BCUT2D eigenvalue weighted by Gasteiger charge is 2.45. The first kappa shape index (κ1) is 53.9. The minimum Gasteiger partial charge on any atom is -0.497 e. The van der Waals surface area contributed by atoms with E-state index >= 15 is 0 Å². The van der Waals surface area contributed by atoms with Gasteiger partial charge < -0.3 is 38.2 Å². The number of aromatic amines is 1. The molecule has 4 atom stereocenters. The summed E-state index contributed by atoms with van der Waals surface area (Å²) < 4.78 is 41.9. The molecule has 1 fully saturated rings. The Hall–Kier alpha value is -7.40. The van der Waals surface area contributed by atoms with Crippen LogP contribution in [0.15, 0.2) is 143 Å². The van der Waals surface area contributed by atoms with Crippen LogP contribution in [-0.2, 0) is 35.5 Å². The van der Waals surface area contributed by atoms with E-state index in [0.717, 1.165) is 27.8 Å². The molecule has 0 saturated carbocycles. The number of H-pyrrole nitrogens is 1. The van der Waals surface area contributed by atoms with E-state index < -0.39 is 49.7 Å². The van der Waals surface area contributed by atoms with Crippen molar-refractivity contribution in [3.05, 3.63) is 193 Å². The van der Waals surface area contributed by atoms with Crippen molar-refractivity contribution in [3.63, 3.8) is 0 Å². The summed E-state index contributed by atoms with van der Waals surface area (Å²) in [5, 5.41) is 12.2. The van der Waals surface area contributed by atoms with E-state index in [2.05, 4.69) is 32.9 Å². The third-order valence-corrected chi connectivity index (χ3v) is 15.2. The number of anilines is 1. The first-order chi connectivity index (χ1) is 36.3. The number of nitrogens with zero attached hydrogens (tertiary/aromatic N) is 4. The average molecular weight is 1030 g/mol. The van der Waals surface area contributed by atoms with Gasteiger partial charge in [-0.25, -0.2) is 9.46 Å². The van der Waals surface area contributed by atoms with Crippen LogP contribution in [0.2, 0.25) is 0 Å². The van der Waals surface area contributed by atoms with Crippen LogP contribution in [0, 0.1) is 23.2 Å². The summed E-state index contributed by atoms with van der Waals surface area (Å²) in [6.07, 6.45) is -1.47. The van der Waals surface area contributed by atoms with Gasteiger partial charge in [-0.1, -0.05) is 96.8 Å². The molecule has 17 heteroatoms. The second-order valence-corrected chi connectivity index (χ2v) is 19.9. The van der Waals surface area contributed by atoms with Crippen LogP contribution in [0.3, 0.4) is 0 Å². The molecule has 2 aliphatic rings. The molecule has 0 spiro atoms. The molecule has 5 aromatic carbocycles. The normalized spacial score (nSPS) is 16.5. The second kappa shape index (κ2) is 24.8. The molecule has 0 bridgehead atoms. The van der Waals surface area contributed by atoms with Crippen LogP contribution in [0.5, 0.6) is 11.5 Å². The highest BCUT2D eigenvalue weighted by Crippen LogP contribution is 2.51. The number of amides is 2. The number of fused-ring (bicyclic) bond motifs is 2. The van der Waals surface area contributed by atoms with Crippen molar-refractivity contribution in [2.75, 3.05) is 38.9 Å². The molecule has 6 aromatic rings. The van der Waals surface area contributed by atoms with Gasteiger partial charge in [-0.2, -0.15) is 5.26 Å². The van der Waals surface area contributed by atoms with Gasteiger partial charge in [-0.05, 0) is 92.4 Å². The lowest BCUT2D eigenvalue weighted by molar-refractivity contribution is -0.118. The zero-order valence-corrected chi connectivity index (χ0v) is 43.8. The predicted molar refractivity (Wildman–Crippen MR) is 285 cm³/mol. The minimum absolute atomic E-state index is 0.0317. The monoisotopic (exact) mass is 1030 g/mol. The zero-order chi connectivity index (χ0) is 53.1. The van der Waals surface area contributed by atoms with Gasteiger partial charge in [0.1, 0.15) is 35.0 Å². The van der Waals surface area contributed by atoms with Crippen LogP contribution in [0.25, 0.3) is 0 Å². The maximum Gasteiger partial charge on any atom is 0.330 e. The smallest absolute Gasteiger partial charge is 0.330 e. The fourth-order valence-corrected chi connectivity index (χ4v) is 11.2. The molecule has 2 N–H and O–H groups in total. The number of ether oxygens (including phenoxy) is 4. The van der Waals surface area contributed by atoms with Crippen molar-refractivity contribution in [1.29, 1.82) is 5.26 Å². The maximum atomic E-state index is 14.0. The van der Waals surface area contributed by atoms with Gasteiger partial charge in [0.2, 0.25) is 5.91 Å². The second-order valence-electron chi connectivity index (χ2n) is 18.5. The molecule has 16 nitrogen and oxygen atoms in total. The number of aromatic nitrogens is 2. The summed E-state index contributed by atoms with van der Waals surface area (Å²) in [5.41, 5.74) is 2.06. The Morgan fingerprint density at radius 3 is 2.08 bits per heavy atom. The highest BCUT2D eigenvalue weighted by atomic mass is 31.2. The molecule has 75 heavy (non-hydrogen) atoms. The third kappa shape index (κ3) is 12.3. The molecule has 0 aliphatic carbocycles. The van der Waals surface area contributed by atoms with Crippen molar-refractivity contribution in [3.8, 4) is 29.4 Å². The van der Waals surface area contributed by atoms with Crippen LogP contribution >= 0.6 is 8.53 Å². The molecular formula is C58H61N6O10P. The number of methoxy groups -OCH3 is 2. The maximum absolute atomic E-state index is 14.0. The van der Waals surface area contributed by atoms with E-state index in [9.17, 15) is 24.4 Å². The Labute approximate surface area is 438 Å². The van der Waals surface area contributed by atoms with Crippen molar-refractivity contribution >= 4 is 26.0 Å². The lowest BCUT2D eigenvalue weighted by atomic mass is 9.80. The summed E-state index contributed by atoms with van der Waals surface area (Å²) in [5.74, 6) is 6.65. The number of hydrogen-bond donors (Lipinski definition) is 2. The number of nitrogens with one attached hydrogen (secondary N) is 2. The van der Waals surface area contributed by atoms with Crippen LogP contribution in [0.1, 0.15) is 96.9 Å². The molecule has 3 heterocycles. The van der Waals surface area contributed by atoms with Gasteiger partial charge in [0.15, 0.2) is 0 Å². The minimum atomic E-state index is -1.83. The first-order valence-electron chi connectivity index (χ1n) is 24.9. The molecule has 8 rings (SSSR count). The lowest BCUT2D eigenvalue weighted by Gasteiger charge is -2.39. The number of rotatable bonds is 21. The van der Waals surface area contributed by atoms with Crippen LogP contribution in [0.4, 0.5) is 5.69 Å². The number of benzene rings is 5. The average Bonchev–Trinajstić information content (AvgIpc) is 3.82. The topological polar surface area (TPSA) is 187 Å². The number of carbonyl (C=O) groups excluding carboxylic acids is 2. The van der Waals surface area contributed by atoms with E-state index in [-0.39, 0.29) is 69.1 Å². The highest BCUT2D eigenvalue weighted by molar-refractivity contribution is 7.44. The number of carbonyl (C=O) groups is 2. The van der Waals surface area contributed by atoms with Crippen LogP contribution in [-0.4, -0.2) is 84.3 Å². The Morgan fingerprint density at radius 2 is 1.44 bits per heavy atom. The molecule has 1 aromatic heterocycles. The number of nitriles is 1. The van der Waals surface area contributed by atoms with Gasteiger partial charge >= 0.3 is 5.69 Å². The molecule has 4 unspecified atom stereocenters. The fraction of sp³-hybridized carbons (Fsp3) is 0.328. The number of hydrogen-bond acceptors (Lipinski definition) is 12. The van der Waals surface area contributed by atoms with Gasteiger partial charge in [-0.3, -0.25) is 23.9 Å². The van der Waals surface area contributed by atoms with E-state index in [1.54, 1.807) is 19.1 Å². The SMILES string of the molecule is COc1ccc(C(OCC2OC(n3cc(C(=O)NCCC(=O)N4Cc5ccccc5C#Cc5ccccc54)c(=O)[nH]c3=O)CC2OP(OCCC#N)N(C(C)C)C(C)C)(c2ccccc2)c2ccc(OC)cc2)cc1. The van der Waals surface area contributed by atoms with Crippen molar-refractivity contribution in [1.82, 2.24) is 19.5 Å². The standard InChI is InChI=1S/C58H61N6O10P/c1-39(2)64(40(3)4)75(72-34-14-32-59)74-51-35-54(73-52(51)38-71-58(44-18-8-7-9-19-44,45-23-27-47(69-5)28-24-45)46-25-29-48(70-6)30-26-46)63-37-49(56(67)61-57(63)68)55(66)60-33-31-53(65)62-36-43-17-11-10-15-41(43)21-22-42-16-12-13-20-50(42)62/h7-13,15-20,23-30,37,39-40,51-52,54H,14,31,33-36,38H2,1-6H3,(H,60,66)(H,61,67,68). The summed E-state index contributed by atoms with van der Waals surface area (Å²) in [7, 11) is 1.38. The Balaban J connectivity index is 1.10. The van der Waals surface area contributed by atoms with E-state index in [0.29, 0.717) is 22.7 Å². The van der Waals surface area contributed by atoms with Crippen molar-refractivity contribution < 1.29 is 37.6 Å². The Bertz CT molecular complexity index is 3110. The fourth-order valence-electron chi connectivity index (χ4n) is 9.41. The first-order valence-corrected chi connectivity index (χ1v) is 26.0. The molecule has 388 valence electrons. The van der Waals surface area contributed by atoms with Crippen LogP contribution < -0.4 is 30.9 Å². The summed E-state index contributed by atoms with van der Waals surface area (Å²) in [6, 6.07) is 42.1. The Morgan fingerprint density at radius 1 is 0.840 bits per heavy atom. The van der Waals surface area contributed by atoms with Gasteiger partial charge in [0.05, 0.1) is 58.3 Å². The lowest BCUT2D eigenvalue weighted by Crippen LogP contribution is -2.40. The largest absolute Gasteiger partial charge is 0.497 e. The molecule has 2 aliphatic heterocycles. The molecular weight excluding hydrogens is 972 g/mol. The third-order valence-electron chi connectivity index (χ3n) is 13.0. The van der Waals surface area contributed by atoms with E-state index in [4.69, 9.17) is 28.0 Å². The molecule has 1 saturated heterocycles. The van der Waals surface area contributed by atoms with Crippen molar-refractivity contribution in [2.24, 2.45) is 0 Å². The van der Waals surface area contributed by atoms with Gasteiger partial charge in [0, 0.05) is 48.8 Å². The summed E-state index contributed by atoms with van der Waals surface area (Å²) in [4.78, 5) is 59.2. The Kier molecular flexibility index (Phi) is 17.8. The quantitative estimate of drug-likeness (QED) is 0.0303. The molecule has 0 radical (unpaired) electrons. The summed E-state index contributed by atoms with van der Waals surface area (Å²) in [6.45, 7) is 8.30. The van der Waals surface area contributed by atoms with Crippen molar-refractivity contribution in [2.45, 2.75) is 89.6 Å². The summed E-state index contributed by atoms with van der Waals surface area (Å²) >= 11 is 0. The van der Waals surface area contributed by atoms with Gasteiger partial charge in [-0.15, -0.1) is 0 Å². The van der Waals surface area contributed by atoms with E-state index in [1.165, 1.54) is 10.8 Å². The predicted octanol–water partition coefficient (Wildman–Crippen LogP) is 8.58. The van der Waals surface area contributed by atoms with Gasteiger partial charge in [0.25, 0.3) is 20.0 Å². The molecule has 2 amide bonds. The zero-order valence-electron chi connectivity index (χ0n) is 42.9. The van der Waals surface area contributed by atoms with E-state index in [1.807, 2.05) is 155 Å².